The van der Waals surface area contributed by atoms with Crippen LogP contribution in [0.25, 0.3) is 5.84 Å². The average Bonchev–Trinajstić information content (AvgIpc) is 1.65. The molecule has 0 bridgehead atoms. The van der Waals surface area contributed by atoms with E-state index in [1.54, 1.807) is 7.05 Å². The molecule has 0 heterocycles. The first-order valence-corrected chi connectivity index (χ1v) is 3.26. The molecule has 5 N–H and O–H groups in total. The second kappa shape index (κ2) is 4.41. The minimum atomic E-state index is -0.273. The normalized spacial score (nSPS) is 18.0. The highest BCUT2D eigenvalue weighted by atomic mass is 127. The van der Waals surface area contributed by atoms with E-state index in [-0.39, 0.29) is 4.17 Å². The lowest BCUT2D eigenvalue weighted by Crippen LogP contribution is -3.11. The van der Waals surface area contributed by atoms with Crippen molar-refractivity contribution in [3.05, 3.63) is 5.84 Å². The fourth-order valence-electron chi connectivity index (χ4n) is 0.222. The lowest BCUT2D eigenvalue weighted by Gasteiger charge is -2.18. The standard InChI is InChI=1S/C2H9IN4O/c1-7(4)5-2(3)6-8/h2,4-8H,1H3. The van der Waals surface area contributed by atoms with Gasteiger partial charge in [0.05, 0.1) is 7.05 Å². The summed E-state index contributed by atoms with van der Waals surface area (Å²) in [5.74, 6) is 6.86. The number of nitrogens with one attached hydrogen (secondary N) is 4. The Kier molecular flexibility index (Phi) is 4.71. The number of halogens is 1. The predicted molar refractivity (Wildman–Crippen MR) is 37.1 cm³/mol. The molecule has 2 unspecified atom stereocenters. The molecule has 0 rings (SSSR count). The summed E-state index contributed by atoms with van der Waals surface area (Å²) in [6.45, 7) is 0. The number of hydrogen-bond acceptors (Lipinski definition) is 3. The van der Waals surface area contributed by atoms with Crippen LogP contribution in [0, 0.1) is 0 Å². The number of rotatable bonds is 3. The van der Waals surface area contributed by atoms with Crippen LogP contribution in [0.4, 0.5) is 0 Å². The molecule has 2 atom stereocenters. The molecule has 5 nitrogen and oxygen atoms in total. The van der Waals surface area contributed by atoms with Crippen molar-refractivity contribution >= 4 is 22.6 Å². The maximum absolute atomic E-state index is 8.17. The number of hydrogen-bond donors (Lipinski definition) is 4. The van der Waals surface area contributed by atoms with Gasteiger partial charge >= 0.3 is 0 Å². The summed E-state index contributed by atoms with van der Waals surface area (Å²) in [5, 5.41) is 8.49. The highest BCUT2D eigenvalue weighted by Gasteiger charge is 1.98. The van der Waals surface area contributed by atoms with E-state index < -0.39 is 0 Å². The summed E-state index contributed by atoms with van der Waals surface area (Å²) < 4.78 is -0.273. The van der Waals surface area contributed by atoms with Gasteiger partial charge in [-0.05, 0) is 22.6 Å². The smallest absolute Gasteiger partial charge is 0.177 e. The molecule has 6 heteroatoms. The van der Waals surface area contributed by atoms with Gasteiger partial charge in [0, 0.05) is 0 Å². The van der Waals surface area contributed by atoms with Crippen molar-refractivity contribution in [3.63, 3.8) is 0 Å². The Morgan fingerprint density at radius 2 is 2.38 bits per heavy atom. The molecule has 0 aliphatic rings. The summed E-state index contributed by atoms with van der Waals surface area (Å²) in [7, 11) is 1.60. The van der Waals surface area contributed by atoms with Crippen LogP contribution in [-0.2, 0) is 0 Å². The van der Waals surface area contributed by atoms with Crippen LogP contribution in [0.2, 0.25) is 0 Å². The van der Waals surface area contributed by atoms with Crippen LogP contribution in [0.3, 0.4) is 0 Å². The molecule has 0 aromatic carbocycles. The Hall–Kier alpha value is 0.530. The lowest BCUT2D eigenvalue weighted by atomic mass is 11.2. The van der Waals surface area contributed by atoms with Gasteiger partial charge in [-0.2, -0.15) is 5.48 Å². The Bertz CT molecular complexity index is 60.0. The number of alkyl halides is 1. The van der Waals surface area contributed by atoms with E-state index in [1.165, 1.54) is 0 Å². The minimum Gasteiger partial charge on any atom is -0.449 e. The van der Waals surface area contributed by atoms with E-state index in [0.717, 1.165) is 0 Å². The average molecular weight is 232 g/mol. The molecule has 0 aromatic heterocycles. The molecule has 8 heavy (non-hydrogen) atoms. The van der Waals surface area contributed by atoms with Crippen LogP contribution in [0.15, 0.2) is 0 Å². The Morgan fingerprint density at radius 1 is 1.88 bits per heavy atom. The monoisotopic (exact) mass is 232 g/mol. The SMILES string of the molecule is C[NH+]([NH-])NC(I)NO. The van der Waals surface area contributed by atoms with Crippen molar-refractivity contribution in [1.82, 2.24) is 10.9 Å². The van der Waals surface area contributed by atoms with Crippen LogP contribution >= 0.6 is 22.6 Å². The van der Waals surface area contributed by atoms with Gasteiger partial charge in [-0.1, -0.05) is 0 Å². The van der Waals surface area contributed by atoms with Gasteiger partial charge in [0.15, 0.2) is 4.17 Å². The molecule has 0 saturated carbocycles. The lowest BCUT2D eigenvalue weighted by molar-refractivity contribution is -0.877. The summed E-state index contributed by atoms with van der Waals surface area (Å²) in [4.78, 5) is 0. The van der Waals surface area contributed by atoms with Gasteiger partial charge < -0.3 is 16.2 Å². The summed E-state index contributed by atoms with van der Waals surface area (Å²) in [5.41, 5.74) is 4.53. The summed E-state index contributed by atoms with van der Waals surface area (Å²) in [6, 6.07) is 0. The maximum Gasteiger partial charge on any atom is 0.177 e. The van der Waals surface area contributed by atoms with Gasteiger partial charge in [-0.3, -0.25) is 0 Å². The van der Waals surface area contributed by atoms with E-state index in [0.29, 0.717) is 5.12 Å². The molecule has 50 valence electrons. The summed E-state index contributed by atoms with van der Waals surface area (Å²) >= 11 is 1.91. The third kappa shape index (κ3) is 4.68. The first-order valence-electron chi connectivity index (χ1n) is 2.02. The second-order valence-electron chi connectivity index (χ2n) is 1.26. The highest BCUT2D eigenvalue weighted by Crippen LogP contribution is 1.82. The molecule has 0 radical (unpaired) electrons. The van der Waals surface area contributed by atoms with Crippen molar-refractivity contribution < 1.29 is 10.3 Å². The largest absolute Gasteiger partial charge is 0.449 e. The zero-order valence-electron chi connectivity index (χ0n) is 4.40. The molecular weight excluding hydrogens is 223 g/mol. The maximum atomic E-state index is 8.17. The molecule has 0 fully saturated rings. The zero-order valence-corrected chi connectivity index (χ0v) is 6.56. The third-order valence-corrected chi connectivity index (χ3v) is 1.05. The van der Waals surface area contributed by atoms with Crippen LogP contribution in [0.1, 0.15) is 0 Å². The van der Waals surface area contributed by atoms with Gasteiger partial charge in [-0.15, -0.1) is 5.43 Å². The van der Waals surface area contributed by atoms with E-state index in [1.807, 2.05) is 28.1 Å². The van der Waals surface area contributed by atoms with E-state index >= 15 is 0 Å². The highest BCUT2D eigenvalue weighted by molar-refractivity contribution is 14.1. The van der Waals surface area contributed by atoms with Crippen molar-refractivity contribution in [2.24, 2.45) is 0 Å². The fourth-order valence-corrected chi connectivity index (χ4v) is 0.689. The van der Waals surface area contributed by atoms with Crippen molar-refractivity contribution in [2.75, 3.05) is 7.05 Å². The molecule has 0 aromatic rings. The second-order valence-corrected chi connectivity index (χ2v) is 2.51. The Labute approximate surface area is 61.3 Å². The first kappa shape index (κ1) is 8.53. The van der Waals surface area contributed by atoms with Gasteiger partial charge in [-0.25, -0.2) is 0 Å². The topological polar surface area (TPSA) is 72.5 Å². The molecule has 0 saturated heterocycles. The molecule has 0 aliphatic carbocycles. The Balaban J connectivity index is 3.10. The number of hydroxylamine groups is 1. The molecule has 0 spiro atoms. The zero-order chi connectivity index (χ0) is 6.57. The number of quaternary nitrogens is 1. The van der Waals surface area contributed by atoms with Crippen LogP contribution in [-0.4, -0.2) is 16.4 Å². The van der Waals surface area contributed by atoms with Crippen molar-refractivity contribution in [1.29, 1.82) is 0 Å². The third-order valence-electron chi connectivity index (χ3n) is 0.457. The first-order chi connectivity index (χ1) is 3.66. The van der Waals surface area contributed by atoms with Crippen LogP contribution in [0.5, 0.6) is 0 Å². The quantitative estimate of drug-likeness (QED) is 0.160. The van der Waals surface area contributed by atoms with Gasteiger partial charge in [0.25, 0.3) is 0 Å². The van der Waals surface area contributed by atoms with Gasteiger partial charge in [0.1, 0.15) is 0 Å². The predicted octanol–water partition coefficient (Wildman–Crippen LogP) is -1.33. The van der Waals surface area contributed by atoms with Crippen molar-refractivity contribution in [2.45, 2.75) is 4.17 Å². The van der Waals surface area contributed by atoms with Crippen molar-refractivity contribution in [3.8, 4) is 0 Å². The van der Waals surface area contributed by atoms with E-state index in [4.69, 9.17) is 11.0 Å². The molecular formula is C2H9IN4O. The minimum absolute atomic E-state index is 0.273. The van der Waals surface area contributed by atoms with Crippen LogP contribution < -0.4 is 16.0 Å². The van der Waals surface area contributed by atoms with E-state index in [9.17, 15) is 0 Å². The summed E-state index contributed by atoms with van der Waals surface area (Å²) in [6.07, 6.45) is 0. The molecule has 0 amide bonds. The van der Waals surface area contributed by atoms with E-state index in [2.05, 4.69) is 5.43 Å². The fraction of sp³-hybridized carbons (Fsp3) is 1.00. The van der Waals surface area contributed by atoms with Gasteiger partial charge in [0.2, 0.25) is 0 Å². The molecule has 0 aliphatic heterocycles. The Morgan fingerprint density at radius 3 is 2.50 bits per heavy atom.